The predicted molar refractivity (Wildman–Crippen MR) is 64.3 cm³/mol. The lowest BCUT2D eigenvalue weighted by atomic mass is 10.1. The van der Waals surface area contributed by atoms with Gasteiger partial charge in [-0.1, -0.05) is 43.0 Å². The fourth-order valence-corrected chi connectivity index (χ4v) is 1.71. The normalized spacial score (nSPS) is 11.6. The minimum atomic E-state index is 0.121. The second kappa shape index (κ2) is 3.88. The summed E-state index contributed by atoms with van der Waals surface area (Å²) in [7, 11) is 0. The topological polar surface area (TPSA) is 28.1 Å². The molecule has 2 heteroatoms. The van der Waals surface area contributed by atoms with Crippen LogP contribution in [-0.4, -0.2) is 0 Å². The highest BCUT2D eigenvalue weighted by Crippen LogP contribution is 2.05. The van der Waals surface area contributed by atoms with Crippen LogP contribution in [0.3, 0.4) is 0 Å². The molecule has 0 radical (unpaired) electrons. The zero-order chi connectivity index (χ0) is 11.5. The van der Waals surface area contributed by atoms with Crippen LogP contribution in [0.1, 0.15) is 0 Å². The Kier molecular flexibility index (Phi) is 2.42. The molecule has 0 saturated heterocycles. The first-order chi connectivity index (χ1) is 7.77. The summed E-state index contributed by atoms with van der Waals surface area (Å²) in [5, 5.41) is 12.4. The van der Waals surface area contributed by atoms with E-state index < -0.39 is 0 Å². The zero-order valence-corrected chi connectivity index (χ0v) is 8.57. The molecule has 2 aromatic rings. The summed E-state index contributed by atoms with van der Waals surface area (Å²) in [5.41, 5.74) is 0.121. The minimum absolute atomic E-state index is 0.121. The van der Waals surface area contributed by atoms with Gasteiger partial charge in [-0.15, -0.1) is 0 Å². The van der Waals surface area contributed by atoms with Gasteiger partial charge < -0.3 is 0 Å². The lowest BCUT2D eigenvalue weighted by Gasteiger charge is -1.99. The summed E-state index contributed by atoms with van der Waals surface area (Å²) in [4.78, 5) is 3.24. The van der Waals surface area contributed by atoms with Gasteiger partial charge in [0.2, 0.25) is 0 Å². The van der Waals surface area contributed by atoms with Crippen molar-refractivity contribution in [1.29, 1.82) is 5.26 Å². The second-order valence-corrected chi connectivity index (χ2v) is 3.39. The summed E-state index contributed by atoms with van der Waals surface area (Å²) < 4.78 is 0. The summed E-state index contributed by atoms with van der Waals surface area (Å²) in [6.45, 7) is 10.9. The Labute approximate surface area is 93.2 Å². The highest BCUT2D eigenvalue weighted by Gasteiger charge is 2.00. The van der Waals surface area contributed by atoms with Crippen molar-refractivity contribution in [3.05, 3.63) is 58.3 Å². The van der Waals surface area contributed by atoms with Crippen LogP contribution in [0.2, 0.25) is 0 Å². The Morgan fingerprint density at radius 3 is 2.50 bits per heavy atom. The Bertz CT molecular complexity index is 727. The molecule has 2 nitrogen and oxygen atoms in total. The number of hydrogen-bond donors (Lipinski definition) is 0. The molecule has 0 aliphatic carbocycles. The highest BCUT2D eigenvalue weighted by molar-refractivity contribution is 5.87. The zero-order valence-electron chi connectivity index (χ0n) is 8.57. The van der Waals surface area contributed by atoms with E-state index in [2.05, 4.69) is 11.4 Å². The van der Waals surface area contributed by atoms with Crippen LogP contribution in [-0.2, 0) is 0 Å². The van der Waals surface area contributed by atoms with Gasteiger partial charge in [0.15, 0.2) is 0 Å². The number of nitrogens with zero attached hydrogens (tertiary/aromatic N) is 2. The van der Waals surface area contributed by atoms with Crippen LogP contribution < -0.4 is 10.4 Å². The quantitative estimate of drug-likeness (QED) is 0.601. The third-order valence-electron chi connectivity index (χ3n) is 2.49. The molecule has 0 bridgehead atoms. The van der Waals surface area contributed by atoms with Gasteiger partial charge in [0.1, 0.15) is 0 Å². The minimum Gasteiger partial charge on any atom is -0.226 e. The van der Waals surface area contributed by atoms with Gasteiger partial charge in [0.05, 0.1) is 12.6 Å². The summed E-state index contributed by atoms with van der Waals surface area (Å²) in [6.07, 6.45) is 0. The molecule has 0 N–H and O–H groups in total. The molecule has 2 rings (SSSR count). The Morgan fingerprint density at radius 2 is 1.88 bits per heavy atom. The van der Waals surface area contributed by atoms with Gasteiger partial charge in [-0.2, -0.15) is 0 Å². The summed E-state index contributed by atoms with van der Waals surface area (Å²) in [6, 6.07) is 13.2. The van der Waals surface area contributed by atoms with E-state index in [0.29, 0.717) is 5.22 Å². The van der Waals surface area contributed by atoms with Crippen molar-refractivity contribution >= 4 is 23.0 Å². The molecule has 0 aliphatic heterocycles. The van der Waals surface area contributed by atoms with E-state index in [4.69, 9.17) is 11.8 Å². The number of rotatable bonds is 0. The SMILES string of the molecule is [C-]#[N+]/C(C#N)=c1\ccc(=C)c2ccccc12. The smallest absolute Gasteiger partial charge is 0.226 e. The molecule has 16 heavy (non-hydrogen) atoms. The van der Waals surface area contributed by atoms with E-state index in [9.17, 15) is 0 Å². The Balaban J connectivity index is 3.14. The molecule has 74 valence electrons. The first kappa shape index (κ1) is 9.96. The third kappa shape index (κ3) is 1.43. The fourth-order valence-electron chi connectivity index (χ4n) is 1.71. The highest BCUT2D eigenvalue weighted by atomic mass is 14.7. The largest absolute Gasteiger partial charge is 0.269 e. The monoisotopic (exact) mass is 204 g/mol. The van der Waals surface area contributed by atoms with E-state index in [1.165, 1.54) is 0 Å². The van der Waals surface area contributed by atoms with Gasteiger partial charge in [-0.25, -0.2) is 10.1 Å². The van der Waals surface area contributed by atoms with Crippen molar-refractivity contribution in [2.75, 3.05) is 0 Å². The molecule has 0 atom stereocenters. The van der Waals surface area contributed by atoms with E-state index in [0.717, 1.165) is 16.0 Å². The maximum Gasteiger partial charge on any atom is 0.269 e. The number of nitriles is 1. The maximum absolute atomic E-state index is 8.89. The van der Waals surface area contributed by atoms with E-state index >= 15 is 0 Å². The van der Waals surface area contributed by atoms with Crippen LogP contribution in [0.25, 0.3) is 27.9 Å². The van der Waals surface area contributed by atoms with Gasteiger partial charge in [-0.3, -0.25) is 0 Å². The number of fused-ring (bicyclic) bond motifs is 1. The van der Waals surface area contributed by atoms with Gasteiger partial charge in [0, 0.05) is 0 Å². The molecule has 2 aromatic carbocycles. The lowest BCUT2D eigenvalue weighted by Crippen LogP contribution is -2.11. The van der Waals surface area contributed by atoms with E-state index in [1.54, 1.807) is 6.07 Å². The van der Waals surface area contributed by atoms with Crippen LogP contribution in [0.4, 0.5) is 0 Å². The third-order valence-corrected chi connectivity index (χ3v) is 2.49. The van der Waals surface area contributed by atoms with Crippen molar-refractivity contribution in [1.82, 2.24) is 0 Å². The van der Waals surface area contributed by atoms with E-state index in [-0.39, 0.29) is 5.70 Å². The van der Waals surface area contributed by atoms with Crippen LogP contribution >= 0.6 is 0 Å². The van der Waals surface area contributed by atoms with Crippen LogP contribution in [0.5, 0.6) is 0 Å². The lowest BCUT2D eigenvalue weighted by molar-refractivity contribution is 1.52. The van der Waals surface area contributed by atoms with Crippen molar-refractivity contribution in [3.8, 4) is 6.07 Å². The van der Waals surface area contributed by atoms with E-state index in [1.807, 2.05) is 36.4 Å². The molecule has 0 saturated carbocycles. The van der Waals surface area contributed by atoms with Gasteiger partial charge >= 0.3 is 0 Å². The molecule has 0 aromatic heterocycles. The standard InChI is InChI=1S/C14H8N2/c1-10-7-8-13(14(9-15)16-2)12-6-4-3-5-11(10)12/h3-8H,1H2/b14-13+. The molecule has 0 unspecified atom stereocenters. The van der Waals surface area contributed by atoms with Gasteiger partial charge in [0.25, 0.3) is 5.70 Å². The fraction of sp³-hybridized carbons (Fsp3) is 0. The molecular weight excluding hydrogens is 196 g/mol. The summed E-state index contributed by atoms with van der Waals surface area (Å²) in [5.74, 6) is 0. The second-order valence-electron chi connectivity index (χ2n) is 3.39. The molecule has 0 fully saturated rings. The van der Waals surface area contributed by atoms with Crippen molar-refractivity contribution in [3.63, 3.8) is 0 Å². The average molecular weight is 204 g/mol. The Hall–Kier alpha value is -2.58. The average Bonchev–Trinajstić information content (AvgIpc) is 2.34. The van der Waals surface area contributed by atoms with Crippen molar-refractivity contribution in [2.45, 2.75) is 0 Å². The molecule has 0 aliphatic rings. The predicted octanol–water partition coefficient (Wildman–Crippen LogP) is 1.80. The van der Waals surface area contributed by atoms with Crippen molar-refractivity contribution < 1.29 is 0 Å². The van der Waals surface area contributed by atoms with Crippen LogP contribution in [0, 0.1) is 17.9 Å². The van der Waals surface area contributed by atoms with Gasteiger partial charge in [-0.05, 0) is 21.2 Å². The number of hydrogen-bond acceptors (Lipinski definition) is 1. The maximum atomic E-state index is 8.89. The first-order valence-electron chi connectivity index (χ1n) is 4.76. The molecule has 0 heterocycles. The molecular formula is C14H8N2. The Morgan fingerprint density at radius 1 is 1.19 bits per heavy atom. The summed E-state index contributed by atoms with van der Waals surface area (Å²) >= 11 is 0. The molecule has 0 amide bonds. The number of benzene rings is 2. The van der Waals surface area contributed by atoms with Crippen molar-refractivity contribution in [2.24, 2.45) is 0 Å². The van der Waals surface area contributed by atoms with Crippen LogP contribution in [0.15, 0.2) is 36.4 Å². The molecule has 0 spiro atoms. The first-order valence-corrected chi connectivity index (χ1v) is 4.76.